The third-order valence-corrected chi connectivity index (χ3v) is 4.36. The molecule has 0 unspecified atom stereocenters. The minimum Gasteiger partial charge on any atom is -0.491 e. The van der Waals surface area contributed by atoms with Crippen LogP contribution in [0.2, 0.25) is 0 Å². The van der Waals surface area contributed by atoms with E-state index >= 15 is 0 Å². The molecule has 0 aromatic heterocycles. The molecule has 182 valence electrons. The number of nitrogens with two attached hydrogens (primary N) is 1. The smallest absolute Gasteiger partial charge is 0.248 e. The van der Waals surface area contributed by atoms with Crippen molar-refractivity contribution in [1.29, 1.82) is 0 Å². The van der Waals surface area contributed by atoms with E-state index in [9.17, 15) is 4.79 Å². The second kappa shape index (κ2) is 15.5. The number of carbonyl (C=O) groups is 1. The van der Waals surface area contributed by atoms with Crippen LogP contribution in [0.4, 0.5) is 5.69 Å². The number of anilines is 1. The maximum absolute atomic E-state index is 11.3. The summed E-state index contributed by atoms with van der Waals surface area (Å²) in [5.41, 5.74) is 7.69. The molecule has 2 aromatic rings. The van der Waals surface area contributed by atoms with Gasteiger partial charge in [0.2, 0.25) is 5.91 Å². The number of primary amides is 1. The van der Waals surface area contributed by atoms with Gasteiger partial charge in [0.15, 0.2) is 5.96 Å². The van der Waals surface area contributed by atoms with Crippen molar-refractivity contribution in [3.05, 3.63) is 59.7 Å². The number of nitrogens with one attached hydrogen (secondary N) is 2. The van der Waals surface area contributed by atoms with Crippen LogP contribution in [0.1, 0.15) is 50.0 Å². The molecule has 0 bridgehead atoms. The standard InChI is InChI=1S/C25H36N4O3.HI/c1-18(2)17-31-15-5-14-27-25(28-16-20-6-8-21(9-7-20)24(26)30)29-22-10-12-23(13-11-22)32-19(3)4;/h6-13,18-19H,5,14-17H2,1-4H3,(H2,26,30)(H2,27,28,29);1H. The molecule has 0 saturated heterocycles. The monoisotopic (exact) mass is 568 g/mol. The summed E-state index contributed by atoms with van der Waals surface area (Å²) in [5, 5.41) is 6.69. The Morgan fingerprint density at radius 3 is 2.27 bits per heavy atom. The molecule has 1 amide bonds. The summed E-state index contributed by atoms with van der Waals surface area (Å²) >= 11 is 0. The Labute approximate surface area is 214 Å². The summed E-state index contributed by atoms with van der Waals surface area (Å²) < 4.78 is 11.4. The van der Waals surface area contributed by atoms with E-state index in [4.69, 9.17) is 15.2 Å². The Hall–Kier alpha value is -2.33. The molecule has 0 saturated carbocycles. The summed E-state index contributed by atoms with van der Waals surface area (Å²) in [5.74, 6) is 1.60. The number of amides is 1. The third kappa shape index (κ3) is 11.9. The summed E-state index contributed by atoms with van der Waals surface area (Å²) in [4.78, 5) is 15.9. The highest BCUT2D eigenvalue weighted by Crippen LogP contribution is 2.17. The predicted octanol–water partition coefficient (Wildman–Crippen LogP) is 4.81. The molecule has 4 N–H and O–H groups in total. The van der Waals surface area contributed by atoms with E-state index in [0.717, 1.165) is 36.6 Å². The first-order valence-electron chi connectivity index (χ1n) is 11.1. The molecule has 0 heterocycles. The van der Waals surface area contributed by atoms with Gasteiger partial charge in [0.05, 0.1) is 12.6 Å². The van der Waals surface area contributed by atoms with Gasteiger partial charge in [0.1, 0.15) is 5.75 Å². The molecule has 2 aromatic carbocycles. The number of guanidine groups is 1. The lowest BCUT2D eigenvalue weighted by Gasteiger charge is -2.14. The molecule has 0 spiro atoms. The Kier molecular flexibility index (Phi) is 13.5. The van der Waals surface area contributed by atoms with E-state index < -0.39 is 5.91 Å². The molecule has 0 radical (unpaired) electrons. The fourth-order valence-electron chi connectivity index (χ4n) is 2.81. The van der Waals surface area contributed by atoms with Crippen molar-refractivity contribution in [2.45, 2.75) is 46.8 Å². The van der Waals surface area contributed by atoms with Gasteiger partial charge in [-0.2, -0.15) is 0 Å². The summed E-state index contributed by atoms with van der Waals surface area (Å²) in [6.45, 7) is 11.0. The zero-order valence-corrected chi connectivity index (χ0v) is 22.3. The normalized spacial score (nSPS) is 11.3. The molecule has 8 heteroatoms. The van der Waals surface area contributed by atoms with E-state index in [0.29, 0.717) is 30.6 Å². The molecular formula is C25H37IN4O3. The van der Waals surface area contributed by atoms with Crippen LogP contribution in [-0.4, -0.2) is 37.7 Å². The van der Waals surface area contributed by atoms with E-state index in [1.165, 1.54) is 0 Å². The second-order valence-corrected chi connectivity index (χ2v) is 8.29. The Morgan fingerprint density at radius 1 is 1.03 bits per heavy atom. The lowest BCUT2D eigenvalue weighted by atomic mass is 10.1. The van der Waals surface area contributed by atoms with Gasteiger partial charge in [0.25, 0.3) is 0 Å². The van der Waals surface area contributed by atoms with Crippen molar-refractivity contribution in [1.82, 2.24) is 5.32 Å². The molecular weight excluding hydrogens is 531 g/mol. The van der Waals surface area contributed by atoms with Crippen molar-refractivity contribution >= 4 is 41.5 Å². The van der Waals surface area contributed by atoms with Crippen LogP contribution in [0.25, 0.3) is 0 Å². The van der Waals surface area contributed by atoms with Gasteiger partial charge in [-0.1, -0.05) is 26.0 Å². The number of hydrogen-bond donors (Lipinski definition) is 3. The number of rotatable bonds is 12. The van der Waals surface area contributed by atoms with E-state index in [1.54, 1.807) is 12.1 Å². The van der Waals surface area contributed by atoms with Crippen molar-refractivity contribution in [3.63, 3.8) is 0 Å². The number of nitrogens with zero attached hydrogens (tertiary/aromatic N) is 1. The third-order valence-electron chi connectivity index (χ3n) is 4.36. The molecule has 0 atom stereocenters. The first-order chi connectivity index (χ1) is 15.3. The van der Waals surface area contributed by atoms with Gasteiger partial charge in [-0.3, -0.25) is 4.79 Å². The highest BCUT2D eigenvalue weighted by molar-refractivity contribution is 14.0. The number of benzene rings is 2. The van der Waals surface area contributed by atoms with E-state index in [-0.39, 0.29) is 30.1 Å². The maximum atomic E-state index is 11.3. The average molecular weight is 569 g/mol. The lowest BCUT2D eigenvalue weighted by Crippen LogP contribution is -2.32. The van der Waals surface area contributed by atoms with Crippen molar-refractivity contribution in [2.75, 3.05) is 25.1 Å². The number of hydrogen-bond acceptors (Lipinski definition) is 4. The quantitative estimate of drug-likeness (QED) is 0.148. The fourth-order valence-corrected chi connectivity index (χ4v) is 2.81. The van der Waals surface area contributed by atoms with E-state index in [1.807, 2.05) is 50.2 Å². The largest absolute Gasteiger partial charge is 0.491 e. The van der Waals surface area contributed by atoms with Gasteiger partial charge in [-0.05, 0) is 68.1 Å². The first kappa shape index (κ1) is 28.7. The maximum Gasteiger partial charge on any atom is 0.248 e. The summed E-state index contributed by atoms with van der Waals surface area (Å²) in [6.07, 6.45) is 1.01. The Bertz CT molecular complexity index is 853. The lowest BCUT2D eigenvalue weighted by molar-refractivity contribution is 0.1000. The van der Waals surface area contributed by atoms with Gasteiger partial charge in [-0.25, -0.2) is 4.99 Å². The highest BCUT2D eigenvalue weighted by atomic mass is 127. The topological polar surface area (TPSA) is 98.0 Å². The SMILES string of the molecule is CC(C)COCCCNC(=NCc1ccc(C(N)=O)cc1)Nc1ccc(OC(C)C)cc1.I. The van der Waals surface area contributed by atoms with Crippen molar-refractivity contribution < 1.29 is 14.3 Å². The number of carbonyl (C=O) groups excluding carboxylic acids is 1. The molecule has 0 fully saturated rings. The molecule has 0 aliphatic heterocycles. The zero-order chi connectivity index (χ0) is 23.3. The van der Waals surface area contributed by atoms with Crippen molar-refractivity contribution in [2.24, 2.45) is 16.6 Å². The number of halogens is 1. The average Bonchev–Trinajstić information content (AvgIpc) is 2.75. The van der Waals surface area contributed by atoms with Gasteiger partial charge < -0.3 is 25.8 Å². The Balaban J connectivity index is 0.00000544. The molecule has 2 rings (SSSR count). The van der Waals surface area contributed by atoms with Crippen LogP contribution < -0.4 is 21.1 Å². The van der Waals surface area contributed by atoms with Gasteiger partial charge >= 0.3 is 0 Å². The second-order valence-electron chi connectivity index (χ2n) is 8.29. The fraction of sp³-hybridized carbons (Fsp3) is 0.440. The van der Waals surface area contributed by atoms with E-state index in [2.05, 4.69) is 29.5 Å². The predicted molar refractivity (Wildman–Crippen MR) is 146 cm³/mol. The van der Waals surface area contributed by atoms with Crippen LogP contribution in [0.3, 0.4) is 0 Å². The molecule has 7 nitrogen and oxygen atoms in total. The van der Waals surface area contributed by atoms with Crippen LogP contribution in [0, 0.1) is 5.92 Å². The molecule has 0 aliphatic rings. The first-order valence-corrected chi connectivity index (χ1v) is 11.1. The minimum atomic E-state index is -0.436. The summed E-state index contributed by atoms with van der Waals surface area (Å²) in [6, 6.07) is 14.9. The van der Waals surface area contributed by atoms with Crippen LogP contribution >= 0.6 is 24.0 Å². The minimum absolute atomic E-state index is 0. The van der Waals surface area contributed by atoms with Crippen molar-refractivity contribution in [3.8, 4) is 5.75 Å². The van der Waals surface area contributed by atoms with Gasteiger partial charge in [0, 0.05) is 31.0 Å². The number of ether oxygens (including phenoxy) is 2. The number of aliphatic imine (C=N–C) groups is 1. The summed E-state index contributed by atoms with van der Waals surface area (Å²) in [7, 11) is 0. The molecule has 33 heavy (non-hydrogen) atoms. The van der Waals surface area contributed by atoms with Crippen LogP contribution in [0.5, 0.6) is 5.75 Å². The highest BCUT2D eigenvalue weighted by Gasteiger charge is 2.04. The van der Waals surface area contributed by atoms with Crippen LogP contribution in [0.15, 0.2) is 53.5 Å². The van der Waals surface area contributed by atoms with Crippen LogP contribution in [-0.2, 0) is 11.3 Å². The Morgan fingerprint density at radius 2 is 1.70 bits per heavy atom. The zero-order valence-electron chi connectivity index (χ0n) is 20.0. The van der Waals surface area contributed by atoms with Gasteiger partial charge in [-0.15, -0.1) is 24.0 Å². The molecule has 0 aliphatic carbocycles.